The molecule has 2 aromatic rings. The first kappa shape index (κ1) is 14.3. The van der Waals surface area contributed by atoms with Gasteiger partial charge in [0, 0.05) is 18.3 Å². The average molecular weight is 313 g/mol. The zero-order chi connectivity index (χ0) is 14.3. The van der Waals surface area contributed by atoms with Gasteiger partial charge in [-0.3, -0.25) is 4.68 Å². The smallest absolute Gasteiger partial charge is 0.158 e. The SMILES string of the molecule is CCCc1nn(C)c2c1nc(CCl)n2CC1(SC)CC1. The molecule has 0 N–H and O–H groups in total. The first-order valence-electron chi connectivity index (χ1n) is 7.16. The normalized spacial score (nSPS) is 17.0. The Balaban J connectivity index is 2.09. The number of halogens is 1. The lowest BCUT2D eigenvalue weighted by Crippen LogP contribution is -2.17. The summed E-state index contributed by atoms with van der Waals surface area (Å²) in [5.41, 5.74) is 3.27. The van der Waals surface area contributed by atoms with Gasteiger partial charge in [-0.15, -0.1) is 11.6 Å². The standard InChI is InChI=1S/C14H21ClN4S/c1-4-5-10-12-13(18(2)17-10)19(11(8-15)16-12)9-14(20-3)6-7-14/h4-9H2,1-3H3. The molecule has 0 radical (unpaired) electrons. The van der Waals surface area contributed by atoms with E-state index in [0.717, 1.165) is 42.1 Å². The van der Waals surface area contributed by atoms with Gasteiger partial charge in [-0.2, -0.15) is 16.9 Å². The molecule has 110 valence electrons. The van der Waals surface area contributed by atoms with Crippen molar-refractivity contribution in [3.05, 3.63) is 11.5 Å². The minimum atomic E-state index is 0.392. The lowest BCUT2D eigenvalue weighted by molar-refractivity contribution is 0.625. The summed E-state index contributed by atoms with van der Waals surface area (Å²) in [5.74, 6) is 1.44. The van der Waals surface area contributed by atoms with Crippen molar-refractivity contribution in [2.75, 3.05) is 6.26 Å². The van der Waals surface area contributed by atoms with Crippen LogP contribution in [-0.2, 0) is 25.9 Å². The average Bonchev–Trinajstić information content (AvgIpc) is 3.02. The van der Waals surface area contributed by atoms with Gasteiger partial charge < -0.3 is 4.57 Å². The maximum absolute atomic E-state index is 6.11. The van der Waals surface area contributed by atoms with Gasteiger partial charge in [0.15, 0.2) is 5.65 Å². The van der Waals surface area contributed by atoms with Crippen molar-refractivity contribution in [3.63, 3.8) is 0 Å². The number of rotatable bonds is 6. The fourth-order valence-corrected chi connectivity index (χ4v) is 3.79. The predicted octanol–water partition coefficient (Wildman–Crippen LogP) is 3.36. The van der Waals surface area contributed by atoms with Crippen LogP contribution in [0.2, 0.25) is 0 Å². The first-order chi connectivity index (χ1) is 9.64. The lowest BCUT2D eigenvalue weighted by Gasteiger charge is -2.15. The number of aromatic nitrogens is 4. The van der Waals surface area contributed by atoms with E-state index in [0.29, 0.717) is 10.6 Å². The molecule has 0 amide bonds. The number of imidazole rings is 1. The second-order valence-electron chi connectivity index (χ2n) is 5.63. The highest BCUT2D eigenvalue weighted by atomic mass is 35.5. The number of aryl methyl sites for hydroxylation is 2. The van der Waals surface area contributed by atoms with Crippen LogP contribution in [0.3, 0.4) is 0 Å². The summed E-state index contributed by atoms with van der Waals surface area (Å²) in [6, 6.07) is 0. The molecule has 0 aliphatic heterocycles. The molecular weight excluding hydrogens is 292 g/mol. The van der Waals surface area contributed by atoms with Crippen LogP contribution >= 0.6 is 23.4 Å². The number of nitrogens with zero attached hydrogens (tertiary/aromatic N) is 4. The van der Waals surface area contributed by atoms with Crippen LogP contribution < -0.4 is 0 Å². The minimum Gasteiger partial charge on any atom is -0.310 e. The van der Waals surface area contributed by atoms with Crippen molar-refractivity contribution in [1.29, 1.82) is 0 Å². The molecule has 20 heavy (non-hydrogen) atoms. The molecule has 4 nitrogen and oxygen atoms in total. The van der Waals surface area contributed by atoms with Crippen molar-refractivity contribution in [2.24, 2.45) is 7.05 Å². The number of hydrogen-bond acceptors (Lipinski definition) is 3. The van der Waals surface area contributed by atoms with Gasteiger partial charge in [-0.1, -0.05) is 13.3 Å². The van der Waals surface area contributed by atoms with Gasteiger partial charge in [0.2, 0.25) is 0 Å². The highest BCUT2D eigenvalue weighted by Crippen LogP contribution is 2.49. The van der Waals surface area contributed by atoms with Crippen molar-refractivity contribution in [1.82, 2.24) is 19.3 Å². The van der Waals surface area contributed by atoms with E-state index in [9.17, 15) is 0 Å². The maximum Gasteiger partial charge on any atom is 0.158 e. The maximum atomic E-state index is 6.11. The third kappa shape index (κ3) is 2.25. The fraction of sp³-hybridized carbons (Fsp3) is 0.714. The summed E-state index contributed by atoms with van der Waals surface area (Å²) >= 11 is 8.08. The van der Waals surface area contributed by atoms with Gasteiger partial charge in [0.25, 0.3) is 0 Å². The Morgan fingerprint density at radius 3 is 2.70 bits per heavy atom. The molecule has 6 heteroatoms. The van der Waals surface area contributed by atoms with E-state index in [4.69, 9.17) is 16.6 Å². The van der Waals surface area contributed by atoms with Crippen LogP contribution in [0.4, 0.5) is 0 Å². The summed E-state index contributed by atoms with van der Waals surface area (Å²) < 4.78 is 4.65. The Bertz CT molecular complexity index is 627. The molecule has 0 bridgehead atoms. The van der Waals surface area contributed by atoms with E-state index in [1.165, 1.54) is 12.8 Å². The Hall–Kier alpha value is -0.680. The Labute approximate surface area is 128 Å². The van der Waals surface area contributed by atoms with Gasteiger partial charge in [-0.05, 0) is 25.5 Å². The lowest BCUT2D eigenvalue weighted by atomic mass is 10.2. The predicted molar refractivity (Wildman–Crippen MR) is 85.5 cm³/mol. The van der Waals surface area contributed by atoms with Crippen LogP contribution in [0.25, 0.3) is 11.2 Å². The first-order valence-corrected chi connectivity index (χ1v) is 8.92. The molecule has 1 fully saturated rings. The number of thioether (sulfide) groups is 1. The summed E-state index contributed by atoms with van der Waals surface area (Å²) in [6.45, 7) is 3.17. The van der Waals surface area contributed by atoms with E-state index in [-0.39, 0.29) is 0 Å². The van der Waals surface area contributed by atoms with Crippen LogP contribution in [0.15, 0.2) is 0 Å². The summed E-state index contributed by atoms with van der Waals surface area (Å²) in [7, 11) is 2.01. The molecule has 0 saturated heterocycles. The quantitative estimate of drug-likeness (QED) is 0.767. The molecule has 2 heterocycles. The Morgan fingerprint density at radius 2 is 2.15 bits per heavy atom. The van der Waals surface area contributed by atoms with Crippen molar-refractivity contribution < 1.29 is 0 Å². The second-order valence-corrected chi connectivity index (χ2v) is 7.17. The van der Waals surface area contributed by atoms with E-state index in [2.05, 4.69) is 22.8 Å². The van der Waals surface area contributed by atoms with Crippen LogP contribution in [0.1, 0.15) is 37.7 Å². The zero-order valence-corrected chi connectivity index (χ0v) is 13.9. The fourth-order valence-electron chi connectivity index (χ4n) is 2.81. The van der Waals surface area contributed by atoms with Crippen molar-refractivity contribution in [2.45, 2.75) is 49.8 Å². The molecule has 1 aliphatic carbocycles. The van der Waals surface area contributed by atoms with Crippen molar-refractivity contribution >= 4 is 34.5 Å². The van der Waals surface area contributed by atoms with E-state index < -0.39 is 0 Å². The monoisotopic (exact) mass is 312 g/mol. The number of alkyl halides is 1. The molecular formula is C14H21ClN4S. The van der Waals surface area contributed by atoms with Crippen LogP contribution in [-0.4, -0.2) is 30.3 Å². The molecule has 1 saturated carbocycles. The van der Waals surface area contributed by atoms with Crippen LogP contribution in [0, 0.1) is 0 Å². The van der Waals surface area contributed by atoms with E-state index in [1.54, 1.807) is 0 Å². The number of hydrogen-bond donors (Lipinski definition) is 0. The zero-order valence-electron chi connectivity index (χ0n) is 12.3. The second kappa shape index (κ2) is 5.26. The molecule has 0 spiro atoms. The van der Waals surface area contributed by atoms with E-state index >= 15 is 0 Å². The third-order valence-electron chi connectivity index (χ3n) is 4.16. The van der Waals surface area contributed by atoms with Gasteiger partial charge in [0.05, 0.1) is 11.6 Å². The highest BCUT2D eigenvalue weighted by Gasteiger charge is 2.43. The third-order valence-corrected chi connectivity index (χ3v) is 5.81. The van der Waals surface area contributed by atoms with Crippen LogP contribution in [0.5, 0.6) is 0 Å². The van der Waals surface area contributed by atoms with E-state index in [1.807, 2.05) is 23.5 Å². The van der Waals surface area contributed by atoms with Gasteiger partial charge in [0.1, 0.15) is 11.3 Å². The molecule has 2 aromatic heterocycles. The molecule has 3 rings (SSSR count). The molecule has 0 atom stereocenters. The summed E-state index contributed by atoms with van der Waals surface area (Å²) in [4.78, 5) is 4.76. The van der Waals surface area contributed by atoms with Gasteiger partial charge >= 0.3 is 0 Å². The largest absolute Gasteiger partial charge is 0.310 e. The summed E-state index contributed by atoms with van der Waals surface area (Å²) in [5, 5.41) is 4.64. The minimum absolute atomic E-state index is 0.392. The van der Waals surface area contributed by atoms with Crippen molar-refractivity contribution in [3.8, 4) is 0 Å². The Morgan fingerprint density at radius 1 is 1.40 bits per heavy atom. The number of fused-ring (bicyclic) bond motifs is 1. The topological polar surface area (TPSA) is 35.6 Å². The van der Waals surface area contributed by atoms with Gasteiger partial charge in [-0.25, -0.2) is 4.98 Å². The molecule has 1 aliphatic rings. The Kier molecular flexibility index (Phi) is 3.75. The summed E-state index contributed by atoms with van der Waals surface area (Å²) in [6.07, 6.45) is 6.84. The molecule has 0 aromatic carbocycles. The highest BCUT2D eigenvalue weighted by molar-refractivity contribution is 8.00. The molecule has 0 unspecified atom stereocenters.